The van der Waals surface area contributed by atoms with Gasteiger partial charge in [0.15, 0.2) is 5.69 Å². The van der Waals surface area contributed by atoms with Crippen molar-refractivity contribution in [1.82, 2.24) is 9.88 Å². The van der Waals surface area contributed by atoms with Crippen molar-refractivity contribution in [1.29, 1.82) is 5.26 Å². The molecule has 1 amide bonds. The standard InChI is InChI=1S/C13H17N3O4S/c14-8-4-5-9-21(18,19)16-13(17)12-10-6-2-1-3-7-11(10)20-15-12/h1-7,9H2,(H,16,17). The van der Waals surface area contributed by atoms with Gasteiger partial charge in [-0.2, -0.15) is 5.26 Å². The molecule has 1 aliphatic carbocycles. The van der Waals surface area contributed by atoms with E-state index in [2.05, 4.69) is 5.16 Å². The molecule has 8 heteroatoms. The molecule has 7 nitrogen and oxygen atoms in total. The Morgan fingerprint density at radius 1 is 1.33 bits per heavy atom. The lowest BCUT2D eigenvalue weighted by atomic mass is 10.1. The van der Waals surface area contributed by atoms with Gasteiger partial charge >= 0.3 is 0 Å². The molecule has 1 aromatic heterocycles. The molecule has 21 heavy (non-hydrogen) atoms. The number of carbonyl (C=O) groups is 1. The van der Waals surface area contributed by atoms with E-state index in [9.17, 15) is 13.2 Å². The topological polar surface area (TPSA) is 113 Å². The van der Waals surface area contributed by atoms with Crippen molar-refractivity contribution in [3.8, 4) is 6.07 Å². The molecule has 114 valence electrons. The first-order valence-electron chi connectivity index (χ1n) is 6.92. The number of amides is 1. The van der Waals surface area contributed by atoms with Crippen molar-refractivity contribution in [2.24, 2.45) is 0 Å². The van der Waals surface area contributed by atoms with Gasteiger partial charge in [0.2, 0.25) is 10.0 Å². The van der Waals surface area contributed by atoms with Crippen LogP contribution in [0.2, 0.25) is 0 Å². The van der Waals surface area contributed by atoms with Crippen molar-refractivity contribution in [3.63, 3.8) is 0 Å². The zero-order chi connectivity index (χ0) is 15.3. The summed E-state index contributed by atoms with van der Waals surface area (Å²) in [4.78, 5) is 12.1. The Labute approximate surface area is 123 Å². The lowest BCUT2D eigenvalue weighted by Gasteiger charge is -2.05. The third kappa shape index (κ3) is 4.04. The molecule has 1 N–H and O–H groups in total. The summed E-state index contributed by atoms with van der Waals surface area (Å²) in [5, 5.41) is 12.1. The number of nitrogens with zero attached hydrogens (tertiary/aromatic N) is 2. The maximum absolute atomic E-state index is 12.1. The Kier molecular flexibility index (Phi) is 4.96. The Balaban J connectivity index is 2.07. The normalized spacial score (nSPS) is 14.8. The predicted octanol–water partition coefficient (Wildman–Crippen LogP) is 1.31. The monoisotopic (exact) mass is 311 g/mol. The Morgan fingerprint density at radius 3 is 2.86 bits per heavy atom. The van der Waals surface area contributed by atoms with E-state index in [1.807, 2.05) is 10.8 Å². The van der Waals surface area contributed by atoms with E-state index in [1.165, 1.54) is 0 Å². The van der Waals surface area contributed by atoms with Crippen LogP contribution in [0, 0.1) is 11.3 Å². The molecule has 0 aromatic carbocycles. The number of aryl methyl sites for hydroxylation is 1. The van der Waals surface area contributed by atoms with E-state index < -0.39 is 15.9 Å². The van der Waals surface area contributed by atoms with Crippen LogP contribution in [0.5, 0.6) is 0 Å². The number of fused-ring (bicyclic) bond motifs is 1. The minimum absolute atomic E-state index is 0.0655. The second-order valence-electron chi connectivity index (χ2n) is 5.01. The predicted molar refractivity (Wildman–Crippen MR) is 73.9 cm³/mol. The average molecular weight is 311 g/mol. The van der Waals surface area contributed by atoms with Gasteiger partial charge in [-0.05, 0) is 25.7 Å². The van der Waals surface area contributed by atoms with E-state index in [0.717, 1.165) is 31.2 Å². The fourth-order valence-electron chi connectivity index (χ4n) is 2.32. The smallest absolute Gasteiger partial charge is 0.287 e. The number of sulfonamides is 1. The molecule has 0 unspecified atom stereocenters. The van der Waals surface area contributed by atoms with Gasteiger partial charge in [0, 0.05) is 18.4 Å². The fraction of sp³-hybridized carbons (Fsp3) is 0.615. The van der Waals surface area contributed by atoms with Gasteiger partial charge in [0.1, 0.15) is 5.76 Å². The first-order valence-corrected chi connectivity index (χ1v) is 8.58. The van der Waals surface area contributed by atoms with Crippen molar-refractivity contribution >= 4 is 15.9 Å². The van der Waals surface area contributed by atoms with Gasteiger partial charge in [-0.3, -0.25) is 4.79 Å². The summed E-state index contributed by atoms with van der Waals surface area (Å²) in [7, 11) is -3.75. The summed E-state index contributed by atoms with van der Waals surface area (Å²) in [6, 6.07) is 1.86. The molecule has 0 saturated heterocycles. The summed E-state index contributed by atoms with van der Waals surface area (Å²) < 4.78 is 30.6. The van der Waals surface area contributed by atoms with Crippen LogP contribution in [0.25, 0.3) is 0 Å². The van der Waals surface area contributed by atoms with E-state index in [-0.39, 0.29) is 24.3 Å². The molecular formula is C13H17N3O4S. The molecule has 0 aliphatic heterocycles. The second-order valence-corrected chi connectivity index (χ2v) is 6.85. The molecule has 1 aromatic rings. The van der Waals surface area contributed by atoms with Crippen LogP contribution in [0.4, 0.5) is 0 Å². The molecule has 1 aliphatic rings. The van der Waals surface area contributed by atoms with E-state index >= 15 is 0 Å². The van der Waals surface area contributed by atoms with Gasteiger partial charge in [-0.25, -0.2) is 13.1 Å². The Hall–Kier alpha value is -1.88. The lowest BCUT2D eigenvalue weighted by Crippen LogP contribution is -2.33. The number of unbranched alkanes of at least 4 members (excludes halogenated alkanes) is 1. The maximum Gasteiger partial charge on any atom is 0.287 e. The number of aromatic nitrogens is 1. The van der Waals surface area contributed by atoms with Crippen LogP contribution in [0.15, 0.2) is 4.52 Å². The molecule has 0 bridgehead atoms. The van der Waals surface area contributed by atoms with Crippen LogP contribution in [-0.4, -0.2) is 25.2 Å². The molecule has 0 fully saturated rings. The number of carbonyl (C=O) groups excluding carboxylic acids is 1. The van der Waals surface area contributed by atoms with Crippen molar-refractivity contribution < 1.29 is 17.7 Å². The molecule has 0 saturated carbocycles. The SMILES string of the molecule is N#CCCCS(=O)(=O)NC(=O)c1noc2c1CCCCC2. The minimum atomic E-state index is -3.75. The van der Waals surface area contributed by atoms with E-state index in [4.69, 9.17) is 9.78 Å². The molecule has 2 rings (SSSR count). The number of nitriles is 1. The Morgan fingerprint density at radius 2 is 2.10 bits per heavy atom. The van der Waals surface area contributed by atoms with Crippen molar-refractivity contribution in [2.45, 2.75) is 44.9 Å². The highest BCUT2D eigenvalue weighted by molar-refractivity contribution is 7.90. The maximum atomic E-state index is 12.1. The van der Waals surface area contributed by atoms with Gasteiger partial charge in [-0.15, -0.1) is 0 Å². The highest BCUT2D eigenvalue weighted by Crippen LogP contribution is 2.23. The van der Waals surface area contributed by atoms with Gasteiger partial charge in [0.05, 0.1) is 11.8 Å². The first kappa shape index (κ1) is 15.5. The number of nitrogens with one attached hydrogen (secondary N) is 1. The summed E-state index contributed by atoms with van der Waals surface area (Å²) >= 11 is 0. The van der Waals surface area contributed by atoms with E-state index in [1.54, 1.807) is 0 Å². The minimum Gasteiger partial charge on any atom is -0.360 e. The summed E-state index contributed by atoms with van der Waals surface area (Å²) in [5.41, 5.74) is 0.785. The quantitative estimate of drug-likeness (QED) is 0.648. The zero-order valence-electron chi connectivity index (χ0n) is 11.6. The van der Waals surface area contributed by atoms with E-state index in [0.29, 0.717) is 12.2 Å². The first-order chi connectivity index (χ1) is 10.0. The number of hydrogen-bond acceptors (Lipinski definition) is 6. The Bertz CT molecular complexity index is 657. The molecular weight excluding hydrogens is 294 g/mol. The van der Waals surface area contributed by atoms with Crippen molar-refractivity contribution in [3.05, 3.63) is 17.0 Å². The number of rotatable bonds is 5. The van der Waals surface area contributed by atoms with Gasteiger partial charge < -0.3 is 4.52 Å². The fourth-order valence-corrected chi connectivity index (χ4v) is 3.33. The highest BCUT2D eigenvalue weighted by atomic mass is 32.2. The summed E-state index contributed by atoms with van der Waals surface area (Å²) in [6.07, 6.45) is 4.70. The zero-order valence-corrected chi connectivity index (χ0v) is 12.4. The summed E-state index contributed by atoms with van der Waals surface area (Å²) in [6.45, 7) is 0. The molecule has 1 heterocycles. The van der Waals surface area contributed by atoms with Crippen LogP contribution in [0.3, 0.4) is 0 Å². The lowest BCUT2D eigenvalue weighted by molar-refractivity contribution is 0.0971. The average Bonchev–Trinajstić information content (AvgIpc) is 2.68. The second kappa shape index (κ2) is 6.72. The third-order valence-corrected chi connectivity index (χ3v) is 4.69. The van der Waals surface area contributed by atoms with Crippen LogP contribution in [-0.2, 0) is 22.9 Å². The van der Waals surface area contributed by atoms with Crippen LogP contribution < -0.4 is 4.72 Å². The van der Waals surface area contributed by atoms with Crippen LogP contribution in [0.1, 0.15) is 53.9 Å². The van der Waals surface area contributed by atoms with Gasteiger partial charge in [-0.1, -0.05) is 11.6 Å². The summed E-state index contributed by atoms with van der Waals surface area (Å²) in [5.74, 6) is -0.329. The van der Waals surface area contributed by atoms with Crippen molar-refractivity contribution in [2.75, 3.05) is 5.75 Å². The highest BCUT2D eigenvalue weighted by Gasteiger charge is 2.25. The van der Waals surface area contributed by atoms with Gasteiger partial charge in [0.25, 0.3) is 5.91 Å². The van der Waals surface area contributed by atoms with Crippen LogP contribution >= 0.6 is 0 Å². The molecule has 0 radical (unpaired) electrons. The largest absolute Gasteiger partial charge is 0.360 e. The molecule has 0 atom stereocenters. The third-order valence-electron chi connectivity index (χ3n) is 3.37. The molecule has 0 spiro atoms. The number of hydrogen-bond donors (Lipinski definition) is 1.